The van der Waals surface area contributed by atoms with Gasteiger partial charge in [0.1, 0.15) is 0 Å². The van der Waals surface area contributed by atoms with Crippen molar-refractivity contribution in [3.63, 3.8) is 0 Å². The zero-order valence-electron chi connectivity index (χ0n) is 12.4. The number of hydrogen-bond donors (Lipinski definition) is 2. The van der Waals surface area contributed by atoms with Crippen LogP contribution < -0.4 is 10.6 Å². The topological polar surface area (TPSA) is 75.3 Å². The molecule has 1 aromatic rings. The van der Waals surface area contributed by atoms with Gasteiger partial charge in [-0.3, -0.25) is 19.7 Å². The molecule has 1 aromatic carbocycles. The summed E-state index contributed by atoms with van der Waals surface area (Å²) in [5, 5.41) is 5.10. The Bertz CT molecular complexity index is 585. The van der Waals surface area contributed by atoms with Gasteiger partial charge in [-0.05, 0) is 36.5 Å². The minimum absolute atomic E-state index is 0.111. The molecule has 3 amide bonds. The summed E-state index contributed by atoms with van der Waals surface area (Å²) in [6.45, 7) is 2.58. The summed E-state index contributed by atoms with van der Waals surface area (Å²) in [7, 11) is 0. The van der Waals surface area contributed by atoms with Crippen molar-refractivity contribution in [3.05, 3.63) is 33.8 Å². The lowest BCUT2D eigenvalue weighted by Gasteiger charge is -2.20. The number of rotatable bonds is 5. The van der Waals surface area contributed by atoms with Crippen molar-refractivity contribution < 1.29 is 14.4 Å². The molecule has 1 fully saturated rings. The molecule has 22 heavy (non-hydrogen) atoms. The summed E-state index contributed by atoms with van der Waals surface area (Å²) in [4.78, 5) is 34.4. The fourth-order valence-corrected chi connectivity index (χ4v) is 3.00. The van der Waals surface area contributed by atoms with Crippen molar-refractivity contribution >= 4 is 33.7 Å². The summed E-state index contributed by atoms with van der Waals surface area (Å²) in [6, 6.07) is 6.00. The molecule has 6 heteroatoms. The molecule has 0 radical (unpaired) electrons. The fraction of sp³-hybridized carbons (Fsp3) is 0.438. The quantitative estimate of drug-likeness (QED) is 0.781. The predicted molar refractivity (Wildman–Crippen MR) is 86.1 cm³/mol. The van der Waals surface area contributed by atoms with Gasteiger partial charge < -0.3 is 5.32 Å². The molecule has 2 rings (SSSR count). The van der Waals surface area contributed by atoms with Crippen LogP contribution in [0, 0.1) is 12.8 Å². The summed E-state index contributed by atoms with van der Waals surface area (Å²) in [5.41, 5.74) is 2.35. The van der Waals surface area contributed by atoms with E-state index in [-0.39, 0.29) is 42.9 Å². The van der Waals surface area contributed by atoms with E-state index in [1.807, 2.05) is 25.1 Å². The van der Waals surface area contributed by atoms with Crippen molar-refractivity contribution in [1.29, 1.82) is 0 Å². The van der Waals surface area contributed by atoms with E-state index in [1.54, 1.807) is 0 Å². The third kappa shape index (κ3) is 4.66. The van der Waals surface area contributed by atoms with Crippen molar-refractivity contribution in [2.45, 2.75) is 32.6 Å². The molecule has 5 nitrogen and oxygen atoms in total. The molecule has 1 aliphatic heterocycles. The van der Waals surface area contributed by atoms with Crippen LogP contribution in [0.25, 0.3) is 0 Å². The lowest BCUT2D eigenvalue weighted by Crippen LogP contribution is -2.40. The van der Waals surface area contributed by atoms with Crippen LogP contribution in [-0.2, 0) is 20.8 Å². The maximum absolute atomic E-state index is 11.9. The lowest BCUT2D eigenvalue weighted by molar-refractivity contribution is -0.135. The minimum Gasteiger partial charge on any atom is -0.356 e. The normalized spacial score (nSPS) is 15.5. The maximum Gasteiger partial charge on any atom is 0.226 e. The monoisotopic (exact) mass is 366 g/mol. The summed E-state index contributed by atoms with van der Waals surface area (Å²) < 4.78 is 1.06. The molecule has 0 unspecified atom stereocenters. The zero-order valence-corrected chi connectivity index (χ0v) is 14.0. The van der Waals surface area contributed by atoms with Crippen LogP contribution in [0.1, 0.15) is 30.4 Å². The molecule has 0 saturated carbocycles. The highest BCUT2D eigenvalue weighted by Crippen LogP contribution is 2.20. The van der Waals surface area contributed by atoms with Gasteiger partial charge in [-0.1, -0.05) is 28.1 Å². The Balaban J connectivity index is 1.77. The van der Waals surface area contributed by atoms with Crippen molar-refractivity contribution in [2.24, 2.45) is 5.92 Å². The Hall–Kier alpha value is -1.69. The molecule has 118 valence electrons. The van der Waals surface area contributed by atoms with Gasteiger partial charge in [-0.2, -0.15) is 0 Å². The van der Waals surface area contributed by atoms with Crippen LogP contribution in [0.4, 0.5) is 0 Å². The smallest absolute Gasteiger partial charge is 0.226 e. The Kier molecular flexibility index (Phi) is 5.71. The largest absolute Gasteiger partial charge is 0.356 e. The molecule has 1 heterocycles. The molecule has 2 N–H and O–H groups in total. The molecule has 1 saturated heterocycles. The second-order valence-electron chi connectivity index (χ2n) is 5.57. The average molecular weight is 367 g/mol. The fourth-order valence-electron chi connectivity index (χ4n) is 2.59. The van der Waals surface area contributed by atoms with Gasteiger partial charge in [-0.25, -0.2) is 0 Å². The van der Waals surface area contributed by atoms with Crippen LogP contribution >= 0.6 is 15.9 Å². The maximum atomic E-state index is 11.9. The number of carbonyl (C=O) groups excluding carboxylic acids is 3. The highest BCUT2D eigenvalue weighted by molar-refractivity contribution is 9.10. The van der Waals surface area contributed by atoms with E-state index in [0.717, 1.165) is 10.9 Å². The molecule has 1 aliphatic rings. The van der Waals surface area contributed by atoms with E-state index in [1.165, 1.54) is 11.1 Å². The van der Waals surface area contributed by atoms with Crippen molar-refractivity contribution in [2.75, 3.05) is 6.54 Å². The van der Waals surface area contributed by atoms with Gasteiger partial charge in [0.2, 0.25) is 17.7 Å². The zero-order chi connectivity index (χ0) is 16.1. The minimum atomic E-state index is -0.293. The first kappa shape index (κ1) is 16.7. The van der Waals surface area contributed by atoms with E-state index in [0.29, 0.717) is 6.54 Å². The first-order valence-electron chi connectivity index (χ1n) is 7.29. The van der Waals surface area contributed by atoms with E-state index >= 15 is 0 Å². The predicted octanol–water partition coefficient (Wildman–Crippen LogP) is 1.86. The molecule has 0 aliphatic carbocycles. The number of imide groups is 1. The molecular formula is C16H19BrN2O3. The molecule has 0 spiro atoms. The van der Waals surface area contributed by atoms with E-state index < -0.39 is 0 Å². The van der Waals surface area contributed by atoms with Gasteiger partial charge in [0.25, 0.3) is 0 Å². The number of halogens is 1. The van der Waals surface area contributed by atoms with Crippen LogP contribution in [-0.4, -0.2) is 24.3 Å². The number of carbonyl (C=O) groups is 3. The van der Waals surface area contributed by atoms with E-state index in [9.17, 15) is 14.4 Å². The highest BCUT2D eigenvalue weighted by Gasteiger charge is 2.26. The van der Waals surface area contributed by atoms with Crippen LogP contribution in [0.3, 0.4) is 0 Å². The van der Waals surface area contributed by atoms with Gasteiger partial charge in [0.05, 0.1) is 0 Å². The molecule has 0 atom stereocenters. The number of amides is 3. The second kappa shape index (κ2) is 7.54. The second-order valence-corrected chi connectivity index (χ2v) is 6.43. The van der Waals surface area contributed by atoms with Crippen LogP contribution in [0.5, 0.6) is 0 Å². The SMILES string of the molecule is Cc1c(Br)cccc1CCNC(=O)CC1CC(=O)NC(=O)C1. The Morgan fingerprint density at radius 3 is 2.68 bits per heavy atom. The number of benzene rings is 1. The number of nitrogens with one attached hydrogen (secondary N) is 2. The first-order chi connectivity index (χ1) is 10.5. The highest BCUT2D eigenvalue weighted by atomic mass is 79.9. The Labute approximate surface area is 138 Å². The van der Waals surface area contributed by atoms with E-state index in [2.05, 4.69) is 26.6 Å². The van der Waals surface area contributed by atoms with Crippen molar-refractivity contribution in [1.82, 2.24) is 10.6 Å². The van der Waals surface area contributed by atoms with E-state index in [4.69, 9.17) is 0 Å². The summed E-state index contributed by atoms with van der Waals surface area (Å²) in [5.74, 6) is -0.883. The Morgan fingerprint density at radius 1 is 1.32 bits per heavy atom. The van der Waals surface area contributed by atoms with Crippen molar-refractivity contribution in [3.8, 4) is 0 Å². The standard InChI is InChI=1S/C16H19BrN2O3/c1-10-12(3-2-4-13(10)17)5-6-18-14(20)7-11-8-15(21)19-16(22)9-11/h2-4,11H,5-9H2,1H3,(H,18,20)(H,19,21,22). The molecule has 0 bridgehead atoms. The van der Waals surface area contributed by atoms with Crippen LogP contribution in [0.15, 0.2) is 22.7 Å². The van der Waals surface area contributed by atoms with Gasteiger partial charge in [0.15, 0.2) is 0 Å². The molecular weight excluding hydrogens is 348 g/mol. The van der Waals surface area contributed by atoms with Gasteiger partial charge >= 0.3 is 0 Å². The average Bonchev–Trinajstić information content (AvgIpc) is 2.42. The number of piperidine rings is 1. The number of hydrogen-bond acceptors (Lipinski definition) is 3. The first-order valence-corrected chi connectivity index (χ1v) is 8.08. The third-order valence-corrected chi connectivity index (χ3v) is 4.66. The summed E-state index contributed by atoms with van der Waals surface area (Å²) >= 11 is 3.49. The summed E-state index contributed by atoms with van der Waals surface area (Å²) in [6.07, 6.45) is 1.45. The Morgan fingerprint density at radius 2 is 2.00 bits per heavy atom. The lowest BCUT2D eigenvalue weighted by atomic mass is 9.93. The van der Waals surface area contributed by atoms with Crippen LogP contribution in [0.2, 0.25) is 0 Å². The van der Waals surface area contributed by atoms with Gasteiger partial charge in [-0.15, -0.1) is 0 Å². The van der Waals surface area contributed by atoms with Gasteiger partial charge in [0, 0.05) is 30.3 Å². The third-order valence-electron chi connectivity index (χ3n) is 3.80. The molecule has 0 aromatic heterocycles.